The number of aliphatic hydroxyl groups is 1. The molecule has 35 heavy (non-hydrogen) atoms. The molecule has 5 rings (SSSR count). The molecule has 0 spiro atoms. The molecule has 11 heteroatoms. The minimum Gasteiger partial charge on any atom is -0.486 e. The van der Waals surface area contributed by atoms with E-state index in [4.69, 9.17) is 18.9 Å². The second kappa shape index (κ2) is 9.63. The van der Waals surface area contributed by atoms with Gasteiger partial charge in [0.05, 0.1) is 49.4 Å². The first-order valence-electron chi connectivity index (χ1n) is 11.1. The molecule has 1 aromatic carbocycles. The number of nitrogens with zero attached hydrogens (tertiary/aromatic N) is 3. The van der Waals surface area contributed by atoms with E-state index in [9.17, 15) is 14.7 Å². The maximum absolute atomic E-state index is 12.5. The number of aromatic nitrogens is 2. The molecule has 0 unspecified atom stereocenters. The van der Waals surface area contributed by atoms with E-state index >= 15 is 0 Å². The van der Waals surface area contributed by atoms with E-state index in [-0.39, 0.29) is 25.4 Å². The number of methoxy groups -OCH3 is 1. The highest BCUT2D eigenvalue weighted by Gasteiger charge is 2.33. The van der Waals surface area contributed by atoms with Gasteiger partial charge in [-0.1, -0.05) is 0 Å². The van der Waals surface area contributed by atoms with Crippen LogP contribution < -0.4 is 24.4 Å². The van der Waals surface area contributed by atoms with Gasteiger partial charge in [0.1, 0.15) is 19.3 Å². The van der Waals surface area contributed by atoms with Crippen LogP contribution in [0.2, 0.25) is 0 Å². The van der Waals surface area contributed by atoms with Gasteiger partial charge in [-0.15, -0.1) is 0 Å². The number of rotatable bonds is 7. The molecular weight excluding hydrogens is 456 g/mol. The van der Waals surface area contributed by atoms with Crippen molar-refractivity contribution in [1.82, 2.24) is 15.3 Å². The zero-order valence-electron chi connectivity index (χ0n) is 19.0. The average molecular weight is 480 g/mol. The van der Waals surface area contributed by atoms with E-state index in [1.807, 2.05) is 0 Å². The molecule has 0 bridgehead atoms. The van der Waals surface area contributed by atoms with Gasteiger partial charge in [0.15, 0.2) is 11.5 Å². The molecule has 1 saturated heterocycles. The van der Waals surface area contributed by atoms with E-state index in [2.05, 4.69) is 15.3 Å². The van der Waals surface area contributed by atoms with E-state index < -0.39 is 18.3 Å². The Morgan fingerprint density at radius 2 is 2.06 bits per heavy atom. The highest BCUT2D eigenvalue weighted by atomic mass is 16.6. The second-order valence-electron chi connectivity index (χ2n) is 8.09. The summed E-state index contributed by atoms with van der Waals surface area (Å²) < 4.78 is 21.6. The molecule has 2 aliphatic heterocycles. The highest BCUT2D eigenvalue weighted by Crippen LogP contribution is 2.35. The molecule has 0 aliphatic carbocycles. The van der Waals surface area contributed by atoms with Crippen molar-refractivity contribution in [2.24, 2.45) is 0 Å². The van der Waals surface area contributed by atoms with Crippen LogP contribution in [0.15, 0.2) is 42.6 Å². The number of pyridine rings is 2. The minimum absolute atomic E-state index is 0.113. The summed E-state index contributed by atoms with van der Waals surface area (Å²) in [5, 5.41) is 13.4. The molecule has 1 fully saturated rings. The molecule has 2 atom stereocenters. The lowest BCUT2D eigenvalue weighted by Gasteiger charge is -2.21. The number of aliphatic hydroxyl groups excluding tert-OH is 1. The van der Waals surface area contributed by atoms with Crippen LogP contribution in [0.3, 0.4) is 0 Å². The number of benzene rings is 1. The van der Waals surface area contributed by atoms with Crippen molar-refractivity contribution < 1.29 is 33.6 Å². The van der Waals surface area contributed by atoms with Crippen LogP contribution in [0.4, 0.5) is 10.5 Å². The van der Waals surface area contributed by atoms with E-state index in [0.717, 1.165) is 0 Å². The summed E-state index contributed by atoms with van der Waals surface area (Å²) in [4.78, 5) is 35.0. The number of hydrogen-bond donors (Lipinski definition) is 2. The molecule has 0 saturated carbocycles. The van der Waals surface area contributed by atoms with Crippen molar-refractivity contribution in [3.8, 4) is 17.4 Å². The lowest BCUT2D eigenvalue weighted by atomic mass is 10.1. The van der Waals surface area contributed by atoms with Gasteiger partial charge in [0, 0.05) is 23.9 Å². The number of ether oxygens (including phenoxy) is 4. The van der Waals surface area contributed by atoms with Crippen LogP contribution in [-0.4, -0.2) is 66.6 Å². The minimum atomic E-state index is -1.10. The quantitative estimate of drug-likeness (QED) is 0.521. The maximum Gasteiger partial charge on any atom is 0.414 e. The molecule has 11 nitrogen and oxygen atoms in total. The molecule has 2 amide bonds. The number of nitrogens with one attached hydrogen (secondary N) is 1. The molecule has 0 radical (unpaired) electrons. The van der Waals surface area contributed by atoms with Gasteiger partial charge in [-0.2, -0.15) is 0 Å². The SMILES string of the molecule is COc1ccc2nccc([C@H](O)CC(=O)NC[C@@H]3CN(c4ccc5c(c4)OCCO5)C(=O)O3)c2n1. The first kappa shape index (κ1) is 22.7. The first-order valence-corrected chi connectivity index (χ1v) is 11.1. The Kier molecular flexibility index (Phi) is 6.23. The van der Waals surface area contributed by atoms with Crippen molar-refractivity contribution in [1.29, 1.82) is 0 Å². The Balaban J connectivity index is 1.18. The third-order valence-electron chi connectivity index (χ3n) is 5.77. The molecule has 4 heterocycles. The summed E-state index contributed by atoms with van der Waals surface area (Å²) in [5.41, 5.74) is 2.14. The number of amides is 2. The number of fused-ring (bicyclic) bond motifs is 2. The molecule has 2 aromatic heterocycles. The topological polar surface area (TPSA) is 132 Å². The summed E-state index contributed by atoms with van der Waals surface area (Å²) in [7, 11) is 1.50. The van der Waals surface area contributed by atoms with Crippen LogP contribution in [0.25, 0.3) is 11.0 Å². The number of carbonyl (C=O) groups excluding carboxylic acids is 2. The Morgan fingerprint density at radius 3 is 2.89 bits per heavy atom. The third-order valence-corrected chi connectivity index (χ3v) is 5.77. The lowest BCUT2D eigenvalue weighted by Crippen LogP contribution is -2.35. The van der Waals surface area contributed by atoms with E-state index in [1.165, 1.54) is 12.0 Å². The number of carbonyl (C=O) groups is 2. The van der Waals surface area contributed by atoms with E-state index in [1.54, 1.807) is 42.6 Å². The average Bonchev–Trinajstić information content (AvgIpc) is 3.26. The number of hydrogen-bond acceptors (Lipinski definition) is 9. The zero-order chi connectivity index (χ0) is 24.4. The van der Waals surface area contributed by atoms with Crippen LogP contribution in [0.1, 0.15) is 18.1 Å². The largest absolute Gasteiger partial charge is 0.486 e. The van der Waals surface area contributed by atoms with Crippen LogP contribution in [0, 0.1) is 0 Å². The Labute approximate surface area is 200 Å². The third kappa shape index (κ3) is 4.76. The fraction of sp³-hybridized carbons (Fsp3) is 0.333. The van der Waals surface area contributed by atoms with Gasteiger partial charge < -0.3 is 29.4 Å². The van der Waals surface area contributed by atoms with Crippen molar-refractivity contribution in [3.05, 3.63) is 48.2 Å². The standard InChI is InChI=1S/C24H24N4O7/c1-32-22-5-3-17-23(27-22)16(6-7-25-17)18(29)11-21(30)26-12-15-13-28(24(31)35-15)14-2-4-19-20(10-14)34-9-8-33-19/h2-7,10,15,18,29H,8-9,11-13H2,1H3,(H,26,30)/t15-,18-/m1/s1. The van der Waals surface area contributed by atoms with Crippen LogP contribution in [0.5, 0.6) is 17.4 Å². The molecule has 2 aliphatic rings. The van der Waals surface area contributed by atoms with Crippen molar-refractivity contribution >= 4 is 28.7 Å². The summed E-state index contributed by atoms with van der Waals surface area (Å²) in [6.07, 6.45) is -0.781. The second-order valence-corrected chi connectivity index (χ2v) is 8.09. The van der Waals surface area contributed by atoms with Gasteiger partial charge in [-0.05, 0) is 24.3 Å². The summed E-state index contributed by atoms with van der Waals surface area (Å²) in [5.74, 6) is 1.20. The van der Waals surface area contributed by atoms with Gasteiger partial charge in [0.25, 0.3) is 0 Å². The lowest BCUT2D eigenvalue weighted by molar-refractivity contribution is -0.123. The van der Waals surface area contributed by atoms with Gasteiger partial charge in [0.2, 0.25) is 11.8 Å². The number of anilines is 1. The fourth-order valence-electron chi connectivity index (χ4n) is 4.03. The smallest absolute Gasteiger partial charge is 0.414 e. The summed E-state index contributed by atoms with van der Waals surface area (Å²) in [6, 6.07) is 10.3. The molecule has 2 N–H and O–H groups in total. The van der Waals surface area contributed by atoms with E-state index in [0.29, 0.717) is 52.9 Å². The van der Waals surface area contributed by atoms with Gasteiger partial charge in [-0.3, -0.25) is 14.7 Å². The highest BCUT2D eigenvalue weighted by molar-refractivity contribution is 5.90. The molecule has 182 valence electrons. The maximum atomic E-state index is 12.5. The van der Waals surface area contributed by atoms with Gasteiger partial charge in [-0.25, -0.2) is 9.78 Å². The van der Waals surface area contributed by atoms with Crippen molar-refractivity contribution in [2.75, 3.05) is 38.3 Å². The summed E-state index contributed by atoms with van der Waals surface area (Å²) in [6.45, 7) is 1.30. The van der Waals surface area contributed by atoms with Gasteiger partial charge >= 0.3 is 6.09 Å². The summed E-state index contributed by atoms with van der Waals surface area (Å²) >= 11 is 0. The first-order chi connectivity index (χ1) is 17.0. The van der Waals surface area contributed by atoms with Crippen molar-refractivity contribution in [3.63, 3.8) is 0 Å². The van der Waals surface area contributed by atoms with Crippen LogP contribution in [-0.2, 0) is 9.53 Å². The Hall–Kier alpha value is -4.12. The van der Waals surface area contributed by atoms with Crippen molar-refractivity contribution in [2.45, 2.75) is 18.6 Å². The predicted molar refractivity (Wildman–Crippen MR) is 124 cm³/mol. The monoisotopic (exact) mass is 480 g/mol. The Bertz CT molecular complexity index is 1270. The van der Waals surface area contributed by atoms with Crippen LogP contribution >= 0.6 is 0 Å². The fourth-order valence-corrected chi connectivity index (χ4v) is 4.03. The molecule has 3 aromatic rings. The predicted octanol–water partition coefficient (Wildman–Crippen LogP) is 1.97. The molecular formula is C24H24N4O7. The normalized spacial score (nSPS) is 17.7. The Morgan fingerprint density at radius 1 is 1.23 bits per heavy atom. The number of cyclic esters (lactones) is 1. The zero-order valence-corrected chi connectivity index (χ0v) is 19.0.